The van der Waals surface area contributed by atoms with Crippen molar-refractivity contribution in [3.05, 3.63) is 41.9 Å². The Kier molecular flexibility index (Phi) is 3.50. The predicted octanol–water partition coefficient (Wildman–Crippen LogP) is 2.48. The molecule has 0 fully saturated rings. The Hall–Kier alpha value is -2.05. The molecule has 2 aromatic heterocycles. The van der Waals surface area contributed by atoms with Crippen LogP contribution in [0, 0.1) is 0 Å². The zero-order chi connectivity index (χ0) is 13.0. The summed E-state index contributed by atoms with van der Waals surface area (Å²) >= 11 is 0. The van der Waals surface area contributed by atoms with E-state index < -0.39 is 11.7 Å². The van der Waals surface area contributed by atoms with Gasteiger partial charge in [-0.3, -0.25) is 5.10 Å². The molecule has 0 saturated carbocycles. The number of aromatic amines is 1. The number of H-pyrrole nitrogens is 1. The average Bonchev–Trinajstić information content (AvgIpc) is 2.82. The third-order valence-electron chi connectivity index (χ3n) is 2.35. The Morgan fingerprint density at radius 3 is 2.61 bits per heavy atom. The van der Waals surface area contributed by atoms with Crippen LogP contribution in [0.4, 0.5) is 19.0 Å². The number of hydrogen-bond donors (Lipinski definition) is 2. The zero-order valence-corrected chi connectivity index (χ0v) is 9.33. The Morgan fingerprint density at radius 2 is 2.06 bits per heavy atom. The van der Waals surface area contributed by atoms with Gasteiger partial charge in [0, 0.05) is 31.1 Å². The molecule has 0 radical (unpaired) electrons. The van der Waals surface area contributed by atoms with Crippen molar-refractivity contribution in [2.45, 2.75) is 12.6 Å². The lowest BCUT2D eigenvalue weighted by atomic mass is 10.2. The van der Waals surface area contributed by atoms with Crippen LogP contribution in [0.5, 0.6) is 0 Å². The van der Waals surface area contributed by atoms with Crippen LogP contribution in [0.15, 0.2) is 30.6 Å². The summed E-state index contributed by atoms with van der Waals surface area (Å²) in [4.78, 5) is 3.71. The highest BCUT2D eigenvalue weighted by molar-refractivity contribution is 5.36. The molecule has 4 nitrogen and oxygen atoms in total. The highest BCUT2D eigenvalue weighted by Crippen LogP contribution is 2.28. The highest BCUT2D eigenvalue weighted by atomic mass is 19.4. The Bertz CT molecular complexity index is 476. The Morgan fingerprint density at radius 1 is 1.22 bits per heavy atom. The van der Waals surface area contributed by atoms with Crippen molar-refractivity contribution < 1.29 is 13.2 Å². The first kappa shape index (κ1) is 12.4. The van der Waals surface area contributed by atoms with Gasteiger partial charge in [-0.1, -0.05) is 0 Å². The van der Waals surface area contributed by atoms with Gasteiger partial charge in [0.25, 0.3) is 0 Å². The fourth-order valence-electron chi connectivity index (χ4n) is 1.42. The van der Waals surface area contributed by atoms with Gasteiger partial charge in [-0.05, 0) is 18.2 Å². The maximum Gasteiger partial charge on any atom is 0.417 e. The van der Waals surface area contributed by atoms with Crippen LogP contribution in [0.2, 0.25) is 0 Å². The summed E-state index contributed by atoms with van der Waals surface area (Å²) in [7, 11) is 0. The topological polar surface area (TPSA) is 53.6 Å². The van der Waals surface area contributed by atoms with E-state index >= 15 is 0 Å². The molecule has 0 aliphatic carbocycles. The lowest BCUT2D eigenvalue weighted by Crippen LogP contribution is -2.09. The van der Waals surface area contributed by atoms with Crippen LogP contribution in [-0.4, -0.2) is 21.7 Å². The van der Waals surface area contributed by atoms with E-state index in [1.165, 1.54) is 6.07 Å². The number of hydrogen-bond acceptors (Lipinski definition) is 3. The standard InChI is InChI=1S/C11H11F3N4/c12-11(13,14)8-1-2-10(16-7-8)15-5-3-9-4-6-17-18-9/h1-2,4,6-7H,3,5H2,(H,15,16)(H,17,18). The minimum absolute atomic E-state index is 0.419. The molecule has 0 spiro atoms. The Labute approximate surface area is 101 Å². The third-order valence-corrected chi connectivity index (χ3v) is 2.35. The summed E-state index contributed by atoms with van der Waals surface area (Å²) in [6.45, 7) is 0.570. The molecule has 96 valence electrons. The van der Waals surface area contributed by atoms with E-state index in [0.29, 0.717) is 18.8 Å². The maximum absolute atomic E-state index is 12.3. The minimum atomic E-state index is -4.35. The van der Waals surface area contributed by atoms with E-state index in [-0.39, 0.29) is 0 Å². The van der Waals surface area contributed by atoms with Crippen molar-refractivity contribution >= 4 is 5.82 Å². The molecule has 2 rings (SSSR count). The first-order valence-corrected chi connectivity index (χ1v) is 5.31. The summed E-state index contributed by atoms with van der Waals surface area (Å²) < 4.78 is 36.9. The van der Waals surface area contributed by atoms with Gasteiger partial charge in [-0.15, -0.1) is 0 Å². The monoisotopic (exact) mass is 256 g/mol. The lowest BCUT2D eigenvalue weighted by Gasteiger charge is -2.08. The SMILES string of the molecule is FC(F)(F)c1ccc(NCCc2ccn[nH]2)nc1. The lowest BCUT2D eigenvalue weighted by molar-refractivity contribution is -0.137. The Balaban J connectivity index is 1.87. The summed E-state index contributed by atoms with van der Waals surface area (Å²) in [6.07, 6.45) is -1.19. The summed E-state index contributed by atoms with van der Waals surface area (Å²) in [6, 6.07) is 4.16. The summed E-state index contributed by atoms with van der Waals surface area (Å²) in [5.74, 6) is 0.419. The smallest absolute Gasteiger partial charge is 0.370 e. The molecule has 0 bridgehead atoms. The second-order valence-electron chi connectivity index (χ2n) is 3.69. The molecule has 0 amide bonds. The van der Waals surface area contributed by atoms with Gasteiger partial charge in [0.05, 0.1) is 5.56 Å². The van der Waals surface area contributed by atoms with E-state index in [2.05, 4.69) is 20.5 Å². The second-order valence-corrected chi connectivity index (χ2v) is 3.69. The number of alkyl halides is 3. The molecular weight excluding hydrogens is 245 g/mol. The van der Waals surface area contributed by atoms with Crippen molar-refractivity contribution in [3.63, 3.8) is 0 Å². The molecule has 0 aliphatic rings. The second kappa shape index (κ2) is 5.07. The molecular formula is C11H11F3N4. The van der Waals surface area contributed by atoms with Crippen molar-refractivity contribution in [1.82, 2.24) is 15.2 Å². The van der Waals surface area contributed by atoms with E-state index in [9.17, 15) is 13.2 Å². The van der Waals surface area contributed by atoms with Crippen molar-refractivity contribution in [3.8, 4) is 0 Å². The van der Waals surface area contributed by atoms with Gasteiger partial charge in [-0.2, -0.15) is 18.3 Å². The van der Waals surface area contributed by atoms with Crippen LogP contribution in [0.1, 0.15) is 11.3 Å². The number of nitrogens with one attached hydrogen (secondary N) is 2. The molecule has 18 heavy (non-hydrogen) atoms. The van der Waals surface area contributed by atoms with Gasteiger partial charge in [0.1, 0.15) is 5.82 Å². The summed E-state index contributed by atoms with van der Waals surface area (Å²) in [5.41, 5.74) is 0.205. The molecule has 0 unspecified atom stereocenters. The van der Waals surface area contributed by atoms with Crippen molar-refractivity contribution in [2.75, 3.05) is 11.9 Å². The van der Waals surface area contributed by atoms with Crippen LogP contribution in [0.3, 0.4) is 0 Å². The molecule has 0 aromatic carbocycles. The number of rotatable bonds is 4. The quantitative estimate of drug-likeness (QED) is 0.883. The van der Waals surface area contributed by atoms with E-state index in [1.807, 2.05) is 6.07 Å². The fraction of sp³-hybridized carbons (Fsp3) is 0.273. The van der Waals surface area contributed by atoms with E-state index in [1.54, 1.807) is 6.20 Å². The highest BCUT2D eigenvalue weighted by Gasteiger charge is 2.30. The zero-order valence-electron chi connectivity index (χ0n) is 9.33. The van der Waals surface area contributed by atoms with Crippen LogP contribution >= 0.6 is 0 Å². The van der Waals surface area contributed by atoms with Crippen LogP contribution in [0.25, 0.3) is 0 Å². The molecule has 2 aromatic rings. The predicted molar refractivity (Wildman–Crippen MR) is 60.0 cm³/mol. The average molecular weight is 256 g/mol. The number of pyridine rings is 1. The van der Waals surface area contributed by atoms with Crippen molar-refractivity contribution in [2.24, 2.45) is 0 Å². The first-order valence-electron chi connectivity index (χ1n) is 5.31. The van der Waals surface area contributed by atoms with Crippen LogP contribution in [-0.2, 0) is 12.6 Å². The van der Waals surface area contributed by atoms with E-state index in [4.69, 9.17) is 0 Å². The third kappa shape index (κ3) is 3.22. The van der Waals surface area contributed by atoms with Crippen LogP contribution < -0.4 is 5.32 Å². The van der Waals surface area contributed by atoms with Crippen molar-refractivity contribution in [1.29, 1.82) is 0 Å². The number of halogens is 3. The molecule has 0 aliphatic heterocycles. The number of anilines is 1. The van der Waals surface area contributed by atoms with Gasteiger partial charge in [0.2, 0.25) is 0 Å². The normalized spacial score (nSPS) is 11.5. The maximum atomic E-state index is 12.3. The molecule has 2 heterocycles. The molecule has 0 saturated heterocycles. The van der Waals surface area contributed by atoms with Gasteiger partial charge >= 0.3 is 6.18 Å². The molecule has 0 atom stereocenters. The number of aromatic nitrogens is 3. The molecule has 7 heteroatoms. The van der Waals surface area contributed by atoms with Gasteiger partial charge < -0.3 is 5.32 Å². The van der Waals surface area contributed by atoms with Gasteiger partial charge in [-0.25, -0.2) is 4.98 Å². The summed E-state index contributed by atoms with van der Waals surface area (Å²) in [5, 5.41) is 9.52. The molecule has 2 N–H and O–H groups in total. The van der Waals surface area contributed by atoms with Gasteiger partial charge in [0.15, 0.2) is 0 Å². The largest absolute Gasteiger partial charge is 0.417 e. The number of nitrogens with zero attached hydrogens (tertiary/aromatic N) is 2. The minimum Gasteiger partial charge on any atom is -0.370 e. The fourth-order valence-corrected chi connectivity index (χ4v) is 1.42. The van der Waals surface area contributed by atoms with E-state index in [0.717, 1.165) is 18.0 Å². The first-order chi connectivity index (χ1) is 8.55.